The van der Waals surface area contributed by atoms with Crippen LogP contribution in [-0.4, -0.2) is 21.6 Å². The lowest BCUT2D eigenvalue weighted by atomic mass is 10.4. The largest absolute Gasteiger partial charge is 0.325 e. The molecule has 0 amide bonds. The molecular weight excluding hydrogens is 246 g/mol. The monoisotopic (exact) mass is 259 g/mol. The van der Waals surface area contributed by atoms with Gasteiger partial charge in [-0.1, -0.05) is 0 Å². The third kappa shape index (κ3) is 1.85. The van der Waals surface area contributed by atoms with Gasteiger partial charge >= 0.3 is 0 Å². The Morgan fingerprint density at radius 2 is 2.28 bits per heavy atom. The zero-order valence-electron chi connectivity index (χ0n) is 9.95. The standard InChI is InChI=1S/C12H13N5S/c1-16(12-3-2-6-18-12)11-5-4-10-14-9(7-13)8-17(10)15-11/h2-6,8H,7,13H2,1H3. The fourth-order valence-corrected chi connectivity index (χ4v) is 2.48. The van der Waals surface area contributed by atoms with E-state index in [1.165, 1.54) is 0 Å². The lowest BCUT2D eigenvalue weighted by Crippen LogP contribution is -2.11. The van der Waals surface area contributed by atoms with Gasteiger partial charge in [0.2, 0.25) is 0 Å². The van der Waals surface area contributed by atoms with E-state index in [9.17, 15) is 0 Å². The van der Waals surface area contributed by atoms with Crippen molar-refractivity contribution in [3.05, 3.63) is 41.5 Å². The molecule has 0 aliphatic rings. The summed E-state index contributed by atoms with van der Waals surface area (Å²) in [5.74, 6) is 0.880. The summed E-state index contributed by atoms with van der Waals surface area (Å²) in [6.07, 6.45) is 1.86. The predicted octanol–water partition coefficient (Wildman–Crippen LogP) is 2.02. The van der Waals surface area contributed by atoms with Crippen LogP contribution in [0.3, 0.4) is 0 Å². The van der Waals surface area contributed by atoms with E-state index in [0.717, 1.165) is 22.2 Å². The highest BCUT2D eigenvalue weighted by molar-refractivity contribution is 7.14. The molecule has 0 spiro atoms. The van der Waals surface area contributed by atoms with Crippen LogP contribution in [0, 0.1) is 0 Å². The Kier molecular flexibility index (Phi) is 2.73. The molecule has 0 radical (unpaired) electrons. The zero-order chi connectivity index (χ0) is 12.5. The molecule has 3 heterocycles. The van der Waals surface area contributed by atoms with Gasteiger partial charge in [0.05, 0.1) is 16.9 Å². The maximum absolute atomic E-state index is 5.58. The molecule has 0 aliphatic heterocycles. The van der Waals surface area contributed by atoms with E-state index in [0.29, 0.717) is 6.54 Å². The number of nitrogens with zero attached hydrogens (tertiary/aromatic N) is 4. The minimum absolute atomic E-state index is 0.430. The highest BCUT2D eigenvalue weighted by atomic mass is 32.1. The summed E-state index contributed by atoms with van der Waals surface area (Å²) in [6, 6.07) is 8.00. The van der Waals surface area contributed by atoms with E-state index in [2.05, 4.69) is 16.1 Å². The summed E-state index contributed by atoms with van der Waals surface area (Å²) >= 11 is 1.68. The lowest BCUT2D eigenvalue weighted by Gasteiger charge is -2.15. The maximum Gasteiger partial charge on any atom is 0.154 e. The van der Waals surface area contributed by atoms with E-state index in [1.807, 2.05) is 41.7 Å². The summed E-state index contributed by atoms with van der Waals surface area (Å²) in [6.45, 7) is 0.430. The summed E-state index contributed by atoms with van der Waals surface area (Å²) in [5.41, 5.74) is 7.24. The van der Waals surface area contributed by atoms with Crippen LogP contribution in [0.15, 0.2) is 35.8 Å². The molecule has 0 atom stereocenters. The molecular formula is C12H13N5S. The Bertz CT molecular complexity index is 658. The summed E-state index contributed by atoms with van der Waals surface area (Å²) < 4.78 is 1.77. The van der Waals surface area contributed by atoms with Gasteiger partial charge in [-0.2, -0.15) is 0 Å². The number of nitrogens with two attached hydrogens (primary N) is 1. The Morgan fingerprint density at radius 3 is 3.00 bits per heavy atom. The van der Waals surface area contributed by atoms with Crippen LogP contribution < -0.4 is 10.6 Å². The Morgan fingerprint density at radius 1 is 1.39 bits per heavy atom. The van der Waals surface area contributed by atoms with E-state index in [1.54, 1.807) is 15.9 Å². The Labute approximate surface area is 108 Å². The Hall–Kier alpha value is -1.92. The molecule has 0 fully saturated rings. The number of hydrogen-bond acceptors (Lipinski definition) is 5. The van der Waals surface area contributed by atoms with Crippen molar-refractivity contribution in [3.63, 3.8) is 0 Å². The van der Waals surface area contributed by atoms with Crippen LogP contribution in [0.25, 0.3) is 5.65 Å². The van der Waals surface area contributed by atoms with Gasteiger partial charge < -0.3 is 10.6 Å². The first kappa shape index (κ1) is 11.2. The molecule has 6 heteroatoms. The molecule has 3 rings (SSSR count). The first-order valence-electron chi connectivity index (χ1n) is 5.60. The molecule has 3 aromatic heterocycles. The topological polar surface area (TPSA) is 59.5 Å². The Balaban J connectivity index is 2.02. The number of rotatable bonds is 3. The van der Waals surface area contributed by atoms with Gasteiger partial charge in [0, 0.05) is 13.6 Å². The van der Waals surface area contributed by atoms with Gasteiger partial charge in [0.1, 0.15) is 0 Å². The predicted molar refractivity (Wildman–Crippen MR) is 73.3 cm³/mol. The van der Waals surface area contributed by atoms with Crippen LogP contribution in [0.5, 0.6) is 0 Å². The van der Waals surface area contributed by atoms with Gasteiger partial charge in [0.15, 0.2) is 11.5 Å². The summed E-state index contributed by atoms with van der Waals surface area (Å²) in [4.78, 5) is 6.40. The highest BCUT2D eigenvalue weighted by Crippen LogP contribution is 2.26. The van der Waals surface area contributed by atoms with E-state index >= 15 is 0 Å². The van der Waals surface area contributed by atoms with E-state index < -0.39 is 0 Å². The molecule has 0 bridgehead atoms. The van der Waals surface area contributed by atoms with Crippen LogP contribution >= 0.6 is 11.3 Å². The average Bonchev–Trinajstić information content (AvgIpc) is 3.05. The second-order valence-electron chi connectivity index (χ2n) is 3.94. The second kappa shape index (κ2) is 4.40. The lowest BCUT2D eigenvalue weighted by molar-refractivity contribution is 0.911. The number of fused-ring (bicyclic) bond motifs is 1. The molecule has 92 valence electrons. The van der Waals surface area contributed by atoms with Crippen molar-refractivity contribution in [1.82, 2.24) is 14.6 Å². The molecule has 0 saturated heterocycles. The quantitative estimate of drug-likeness (QED) is 0.781. The van der Waals surface area contributed by atoms with Gasteiger partial charge in [-0.05, 0) is 29.6 Å². The third-order valence-corrected chi connectivity index (χ3v) is 3.69. The maximum atomic E-state index is 5.58. The number of imidazole rings is 1. The van der Waals surface area contributed by atoms with E-state index in [4.69, 9.17) is 5.73 Å². The second-order valence-corrected chi connectivity index (χ2v) is 4.87. The van der Waals surface area contributed by atoms with Crippen LogP contribution in [0.1, 0.15) is 5.69 Å². The van der Waals surface area contributed by atoms with Crippen molar-refractivity contribution < 1.29 is 0 Å². The SMILES string of the molecule is CN(c1ccc2nc(CN)cn2n1)c1cccs1. The van der Waals surface area contributed by atoms with Crippen molar-refractivity contribution in [2.75, 3.05) is 11.9 Å². The fraction of sp³-hybridized carbons (Fsp3) is 0.167. The van der Waals surface area contributed by atoms with Gasteiger partial charge in [-0.15, -0.1) is 16.4 Å². The van der Waals surface area contributed by atoms with Gasteiger partial charge in [-0.25, -0.2) is 9.50 Å². The number of hydrogen-bond donors (Lipinski definition) is 1. The molecule has 18 heavy (non-hydrogen) atoms. The number of thiophene rings is 1. The van der Waals surface area contributed by atoms with Crippen molar-refractivity contribution >= 4 is 27.8 Å². The molecule has 5 nitrogen and oxygen atoms in total. The fourth-order valence-electron chi connectivity index (χ4n) is 1.77. The molecule has 0 aromatic carbocycles. The number of aromatic nitrogens is 3. The van der Waals surface area contributed by atoms with Crippen LogP contribution in [-0.2, 0) is 6.54 Å². The normalized spacial score (nSPS) is 11.0. The molecule has 3 aromatic rings. The first-order chi connectivity index (χ1) is 8.78. The minimum Gasteiger partial charge on any atom is -0.325 e. The van der Waals surface area contributed by atoms with Crippen molar-refractivity contribution in [3.8, 4) is 0 Å². The molecule has 2 N–H and O–H groups in total. The summed E-state index contributed by atoms with van der Waals surface area (Å²) in [5, 5.41) is 7.73. The molecule has 0 aliphatic carbocycles. The van der Waals surface area contributed by atoms with Crippen LogP contribution in [0.4, 0.5) is 10.8 Å². The molecule has 0 saturated carbocycles. The first-order valence-corrected chi connectivity index (χ1v) is 6.48. The average molecular weight is 259 g/mol. The zero-order valence-corrected chi connectivity index (χ0v) is 10.8. The van der Waals surface area contributed by atoms with Gasteiger partial charge in [-0.3, -0.25) is 0 Å². The summed E-state index contributed by atoms with van der Waals surface area (Å²) in [7, 11) is 2.00. The number of anilines is 2. The van der Waals surface area contributed by atoms with E-state index in [-0.39, 0.29) is 0 Å². The van der Waals surface area contributed by atoms with Crippen molar-refractivity contribution in [2.45, 2.75) is 6.54 Å². The van der Waals surface area contributed by atoms with Gasteiger partial charge in [0.25, 0.3) is 0 Å². The highest BCUT2D eigenvalue weighted by Gasteiger charge is 2.08. The third-order valence-electron chi connectivity index (χ3n) is 2.75. The smallest absolute Gasteiger partial charge is 0.154 e. The van der Waals surface area contributed by atoms with Crippen LogP contribution in [0.2, 0.25) is 0 Å². The minimum atomic E-state index is 0.430. The van der Waals surface area contributed by atoms with Crippen molar-refractivity contribution in [2.24, 2.45) is 5.73 Å². The van der Waals surface area contributed by atoms with Crippen molar-refractivity contribution in [1.29, 1.82) is 0 Å². The molecule has 0 unspecified atom stereocenters.